The molecule has 0 unspecified atom stereocenters. The third-order valence-corrected chi connectivity index (χ3v) is 4.29. The molecule has 4 nitrogen and oxygen atoms in total. The van der Waals surface area contributed by atoms with E-state index in [4.69, 9.17) is 10.5 Å². The summed E-state index contributed by atoms with van der Waals surface area (Å²) in [6, 6.07) is 5.82. The predicted molar refractivity (Wildman–Crippen MR) is 81.1 cm³/mol. The van der Waals surface area contributed by atoms with Crippen molar-refractivity contribution in [1.82, 2.24) is 0 Å². The highest BCUT2D eigenvalue weighted by Crippen LogP contribution is 2.43. The molecule has 1 saturated carbocycles. The zero-order valence-corrected chi connectivity index (χ0v) is 12.4. The van der Waals surface area contributed by atoms with Crippen LogP contribution in [0.2, 0.25) is 0 Å². The number of hydrogen-bond acceptors (Lipinski definition) is 3. The highest BCUT2D eigenvalue weighted by Gasteiger charge is 2.35. The Morgan fingerprint density at radius 3 is 2.60 bits per heavy atom. The number of methoxy groups -OCH3 is 1. The van der Waals surface area contributed by atoms with E-state index in [0.717, 1.165) is 29.8 Å². The van der Waals surface area contributed by atoms with E-state index in [0.29, 0.717) is 6.54 Å². The minimum Gasteiger partial charge on any atom is -0.496 e. The second kappa shape index (κ2) is 6.27. The Kier molecular flexibility index (Phi) is 4.65. The molecule has 1 aliphatic rings. The summed E-state index contributed by atoms with van der Waals surface area (Å²) < 4.78 is 5.52. The zero-order valence-electron chi connectivity index (χ0n) is 12.4. The lowest BCUT2D eigenvalue weighted by Crippen LogP contribution is -2.37. The fourth-order valence-electron chi connectivity index (χ4n) is 3.22. The van der Waals surface area contributed by atoms with Crippen LogP contribution in [0.25, 0.3) is 0 Å². The number of benzene rings is 1. The average molecular weight is 276 g/mol. The Balaban J connectivity index is 2.42. The molecule has 0 aromatic heterocycles. The van der Waals surface area contributed by atoms with E-state index >= 15 is 0 Å². The third-order valence-electron chi connectivity index (χ3n) is 4.29. The van der Waals surface area contributed by atoms with E-state index in [2.05, 4.69) is 5.32 Å². The van der Waals surface area contributed by atoms with Gasteiger partial charge in [-0.3, -0.25) is 4.79 Å². The number of carbonyl (C=O) groups excluding carboxylic acids is 1. The number of nitrogens with two attached hydrogens (primary N) is 1. The molecule has 4 heteroatoms. The topological polar surface area (TPSA) is 64.3 Å². The Hall–Kier alpha value is -1.55. The molecular weight excluding hydrogens is 252 g/mol. The number of nitrogens with one attached hydrogen (secondary N) is 1. The van der Waals surface area contributed by atoms with Crippen LogP contribution in [0, 0.1) is 0 Å². The smallest absolute Gasteiger partial charge is 0.221 e. The summed E-state index contributed by atoms with van der Waals surface area (Å²) in [4.78, 5) is 11.2. The highest BCUT2D eigenvalue weighted by atomic mass is 16.5. The Labute approximate surface area is 120 Å². The minimum absolute atomic E-state index is 0.0158. The van der Waals surface area contributed by atoms with E-state index in [1.54, 1.807) is 7.11 Å². The van der Waals surface area contributed by atoms with Crippen molar-refractivity contribution in [1.29, 1.82) is 0 Å². The van der Waals surface area contributed by atoms with Gasteiger partial charge in [0.05, 0.1) is 7.11 Å². The van der Waals surface area contributed by atoms with Crippen molar-refractivity contribution < 1.29 is 9.53 Å². The molecule has 3 N–H and O–H groups in total. The fraction of sp³-hybridized carbons (Fsp3) is 0.562. The van der Waals surface area contributed by atoms with Gasteiger partial charge in [-0.25, -0.2) is 0 Å². The number of anilines is 1. The largest absolute Gasteiger partial charge is 0.496 e. The van der Waals surface area contributed by atoms with Crippen molar-refractivity contribution in [3.05, 3.63) is 23.8 Å². The molecule has 0 atom stereocenters. The fourth-order valence-corrected chi connectivity index (χ4v) is 3.22. The summed E-state index contributed by atoms with van der Waals surface area (Å²) in [6.45, 7) is 2.14. The summed E-state index contributed by atoms with van der Waals surface area (Å²) in [5.74, 6) is 0.804. The van der Waals surface area contributed by atoms with Crippen molar-refractivity contribution in [3.63, 3.8) is 0 Å². The maximum absolute atomic E-state index is 11.2. The van der Waals surface area contributed by atoms with Gasteiger partial charge in [0.15, 0.2) is 0 Å². The van der Waals surface area contributed by atoms with Crippen LogP contribution in [0.15, 0.2) is 18.2 Å². The maximum atomic E-state index is 11.2. The molecule has 1 aromatic rings. The van der Waals surface area contributed by atoms with E-state index in [-0.39, 0.29) is 11.3 Å². The predicted octanol–water partition coefficient (Wildman–Crippen LogP) is 2.81. The van der Waals surface area contributed by atoms with Crippen LogP contribution in [0.1, 0.15) is 44.6 Å². The average Bonchev–Trinajstić information content (AvgIpc) is 2.47. The monoisotopic (exact) mass is 276 g/mol. The first kappa shape index (κ1) is 14.9. The van der Waals surface area contributed by atoms with E-state index < -0.39 is 0 Å². The number of ether oxygens (including phenoxy) is 1. The Bertz CT molecular complexity index is 479. The maximum Gasteiger partial charge on any atom is 0.221 e. The molecule has 1 amide bonds. The van der Waals surface area contributed by atoms with Crippen LogP contribution in [0.4, 0.5) is 5.69 Å². The summed E-state index contributed by atoms with van der Waals surface area (Å²) in [6.07, 6.45) is 5.84. The van der Waals surface area contributed by atoms with Crippen LogP contribution < -0.4 is 15.8 Å². The number of amides is 1. The van der Waals surface area contributed by atoms with Gasteiger partial charge in [-0.2, -0.15) is 0 Å². The Morgan fingerprint density at radius 1 is 1.35 bits per heavy atom. The molecule has 0 bridgehead atoms. The molecule has 0 spiro atoms. The molecule has 1 fully saturated rings. The standard InChI is InChI=1S/C16H24N2O2/c1-12(19)18-13-6-7-15(20-2)14(10-13)16(11-17)8-4-3-5-9-16/h6-7,10H,3-5,8-9,11,17H2,1-2H3,(H,18,19). The second-order valence-electron chi connectivity index (χ2n) is 5.64. The van der Waals surface area contributed by atoms with Crippen molar-refractivity contribution in [2.24, 2.45) is 5.73 Å². The van der Waals surface area contributed by atoms with Crippen LogP contribution in [-0.4, -0.2) is 19.6 Å². The van der Waals surface area contributed by atoms with Gasteiger partial charge in [0, 0.05) is 30.1 Å². The normalized spacial score (nSPS) is 17.6. The van der Waals surface area contributed by atoms with E-state index in [1.807, 2.05) is 18.2 Å². The molecule has 0 heterocycles. The first-order chi connectivity index (χ1) is 9.61. The lowest BCUT2D eigenvalue weighted by molar-refractivity contribution is -0.114. The van der Waals surface area contributed by atoms with Gasteiger partial charge >= 0.3 is 0 Å². The van der Waals surface area contributed by atoms with Crippen LogP contribution in [0.3, 0.4) is 0 Å². The molecule has 20 heavy (non-hydrogen) atoms. The van der Waals surface area contributed by atoms with Gasteiger partial charge < -0.3 is 15.8 Å². The molecule has 1 aromatic carbocycles. The molecule has 0 aliphatic heterocycles. The summed E-state index contributed by atoms with van der Waals surface area (Å²) >= 11 is 0. The molecule has 2 rings (SSSR count). The minimum atomic E-state index is -0.0634. The second-order valence-corrected chi connectivity index (χ2v) is 5.64. The van der Waals surface area contributed by atoms with Gasteiger partial charge in [-0.15, -0.1) is 0 Å². The van der Waals surface area contributed by atoms with Gasteiger partial charge in [-0.05, 0) is 31.0 Å². The van der Waals surface area contributed by atoms with Gasteiger partial charge in [0.1, 0.15) is 5.75 Å². The highest BCUT2D eigenvalue weighted by molar-refractivity contribution is 5.88. The SMILES string of the molecule is COc1ccc(NC(C)=O)cc1C1(CN)CCCCC1. The van der Waals surface area contributed by atoms with Crippen LogP contribution in [-0.2, 0) is 10.2 Å². The van der Waals surface area contributed by atoms with Crippen molar-refractivity contribution in [2.45, 2.75) is 44.4 Å². The first-order valence-corrected chi connectivity index (χ1v) is 7.27. The molecule has 110 valence electrons. The molecule has 0 saturated heterocycles. The molecule has 1 aliphatic carbocycles. The van der Waals surface area contributed by atoms with Gasteiger partial charge in [0.2, 0.25) is 5.91 Å². The number of hydrogen-bond donors (Lipinski definition) is 2. The summed E-state index contributed by atoms with van der Waals surface area (Å²) in [5.41, 5.74) is 8.03. The van der Waals surface area contributed by atoms with Gasteiger partial charge in [0.25, 0.3) is 0 Å². The quantitative estimate of drug-likeness (QED) is 0.888. The number of carbonyl (C=O) groups is 1. The molecular formula is C16H24N2O2. The van der Waals surface area contributed by atoms with Crippen LogP contribution in [0.5, 0.6) is 5.75 Å². The Morgan fingerprint density at radius 2 is 2.05 bits per heavy atom. The molecule has 0 radical (unpaired) electrons. The lowest BCUT2D eigenvalue weighted by Gasteiger charge is -2.37. The first-order valence-electron chi connectivity index (χ1n) is 7.27. The third kappa shape index (κ3) is 2.96. The van der Waals surface area contributed by atoms with Crippen molar-refractivity contribution >= 4 is 11.6 Å². The van der Waals surface area contributed by atoms with Crippen LogP contribution >= 0.6 is 0 Å². The lowest BCUT2D eigenvalue weighted by atomic mass is 9.69. The van der Waals surface area contributed by atoms with E-state index in [9.17, 15) is 4.79 Å². The summed E-state index contributed by atoms with van der Waals surface area (Å²) in [7, 11) is 1.68. The van der Waals surface area contributed by atoms with E-state index in [1.165, 1.54) is 26.2 Å². The van der Waals surface area contributed by atoms with Crippen molar-refractivity contribution in [3.8, 4) is 5.75 Å². The zero-order chi connectivity index (χ0) is 14.6. The van der Waals surface area contributed by atoms with Crippen molar-refractivity contribution in [2.75, 3.05) is 19.0 Å². The number of rotatable bonds is 4. The summed E-state index contributed by atoms with van der Waals surface area (Å²) in [5, 5.41) is 2.84. The van der Waals surface area contributed by atoms with Gasteiger partial charge in [-0.1, -0.05) is 19.3 Å².